The third-order valence-electron chi connectivity index (χ3n) is 5.43. The van der Waals surface area contributed by atoms with Crippen LogP contribution in [0.25, 0.3) is 5.52 Å². The van der Waals surface area contributed by atoms with Crippen LogP contribution < -0.4 is 5.32 Å². The van der Waals surface area contributed by atoms with Crippen molar-refractivity contribution in [3.63, 3.8) is 0 Å². The van der Waals surface area contributed by atoms with E-state index in [0.717, 1.165) is 16.8 Å². The first-order chi connectivity index (χ1) is 15.3. The average molecular weight is 430 g/mol. The quantitative estimate of drug-likeness (QED) is 0.356. The molecule has 3 aromatic heterocycles. The molecule has 1 N–H and O–H groups in total. The number of hydrogen-bond donors (Lipinski definition) is 1. The number of hydrogen-bond acceptors (Lipinski definition) is 3. The molecule has 6 nitrogen and oxygen atoms in total. The number of nitrogens with zero attached hydrogens (tertiary/aromatic N) is 3. The van der Waals surface area contributed by atoms with Crippen molar-refractivity contribution < 1.29 is 14.0 Å². The van der Waals surface area contributed by atoms with Crippen molar-refractivity contribution in [1.82, 2.24) is 19.3 Å². The summed E-state index contributed by atoms with van der Waals surface area (Å²) in [5.41, 5.74) is 4.21. The van der Waals surface area contributed by atoms with Gasteiger partial charge in [-0.05, 0) is 47.9 Å². The summed E-state index contributed by atoms with van der Waals surface area (Å²) in [6, 6.07) is 11.8. The summed E-state index contributed by atoms with van der Waals surface area (Å²) < 4.78 is 17.0. The van der Waals surface area contributed by atoms with Crippen molar-refractivity contribution in [2.24, 2.45) is 7.05 Å². The van der Waals surface area contributed by atoms with Gasteiger partial charge in [-0.1, -0.05) is 24.8 Å². The van der Waals surface area contributed by atoms with Gasteiger partial charge in [0.2, 0.25) is 0 Å². The van der Waals surface area contributed by atoms with Crippen LogP contribution in [0.4, 0.5) is 4.39 Å². The van der Waals surface area contributed by atoms with E-state index in [1.807, 2.05) is 17.7 Å². The van der Waals surface area contributed by atoms with Crippen LogP contribution in [-0.2, 0) is 20.0 Å². The highest BCUT2D eigenvalue weighted by molar-refractivity contribution is 6.09. The number of carbonyl (C=O) groups excluding carboxylic acids is 2. The van der Waals surface area contributed by atoms with Crippen LogP contribution in [0.2, 0.25) is 0 Å². The van der Waals surface area contributed by atoms with E-state index in [9.17, 15) is 14.0 Å². The molecule has 0 aliphatic rings. The van der Waals surface area contributed by atoms with Crippen LogP contribution in [0, 0.1) is 12.7 Å². The fourth-order valence-electron chi connectivity index (χ4n) is 3.61. The largest absolute Gasteiger partial charge is 0.345 e. The maximum atomic E-state index is 13.5. The highest BCUT2D eigenvalue weighted by atomic mass is 19.1. The topological polar surface area (TPSA) is 68.4 Å². The van der Waals surface area contributed by atoms with E-state index < -0.39 is 0 Å². The van der Waals surface area contributed by atoms with Crippen molar-refractivity contribution in [1.29, 1.82) is 0 Å². The number of carbonyl (C=O) groups is 2. The number of aromatic nitrogens is 3. The Balaban J connectivity index is 1.53. The number of ketones is 1. The number of amides is 1. The Morgan fingerprint density at radius 3 is 2.72 bits per heavy atom. The molecule has 162 valence electrons. The number of rotatable bonds is 7. The molecule has 4 rings (SSSR count). The number of halogens is 1. The molecule has 0 unspecified atom stereocenters. The van der Waals surface area contributed by atoms with Gasteiger partial charge in [-0.3, -0.25) is 9.59 Å². The lowest BCUT2D eigenvalue weighted by Crippen LogP contribution is -2.25. The van der Waals surface area contributed by atoms with Crippen LogP contribution in [0.3, 0.4) is 0 Å². The summed E-state index contributed by atoms with van der Waals surface area (Å²) in [6.07, 6.45) is 5.34. The molecule has 0 radical (unpaired) electrons. The van der Waals surface area contributed by atoms with Gasteiger partial charge in [0.25, 0.3) is 5.91 Å². The standard InChI is InChI=1S/C25H23FN4O2/c1-16-9-18(7-8-22(16)26)10-17(2)24(31)19-11-20-5-4-6-23(30(20)14-19)25(32)28-13-21-12-27-15-29(21)3/h4-9,11-12,14-15H,2,10,13H2,1,3H3,(H,28,32). The summed E-state index contributed by atoms with van der Waals surface area (Å²) in [5.74, 6) is -0.748. The van der Waals surface area contributed by atoms with Gasteiger partial charge in [0.1, 0.15) is 11.5 Å². The lowest BCUT2D eigenvalue weighted by Gasteiger charge is -2.08. The number of benzene rings is 1. The molecular formula is C25H23FN4O2. The number of allylic oxidation sites excluding steroid dienone is 1. The predicted octanol–water partition coefficient (Wildman–Crippen LogP) is 4.03. The van der Waals surface area contributed by atoms with Gasteiger partial charge in [-0.25, -0.2) is 9.37 Å². The van der Waals surface area contributed by atoms with Crippen molar-refractivity contribution in [2.45, 2.75) is 19.9 Å². The van der Waals surface area contributed by atoms with Gasteiger partial charge in [0, 0.05) is 36.9 Å². The Bertz CT molecular complexity index is 1350. The zero-order valence-corrected chi connectivity index (χ0v) is 17.9. The third-order valence-corrected chi connectivity index (χ3v) is 5.43. The van der Waals surface area contributed by atoms with Crippen LogP contribution in [0.1, 0.15) is 37.7 Å². The molecule has 0 atom stereocenters. The predicted molar refractivity (Wildman–Crippen MR) is 120 cm³/mol. The van der Waals surface area contributed by atoms with Gasteiger partial charge < -0.3 is 14.3 Å². The second-order valence-corrected chi connectivity index (χ2v) is 7.81. The minimum Gasteiger partial charge on any atom is -0.345 e. The number of nitrogens with one attached hydrogen (secondary N) is 1. The molecule has 0 aliphatic heterocycles. The number of pyridine rings is 1. The van der Waals surface area contributed by atoms with Crippen molar-refractivity contribution in [2.75, 3.05) is 0 Å². The minimum atomic E-state index is -0.279. The highest BCUT2D eigenvalue weighted by Crippen LogP contribution is 2.19. The van der Waals surface area contributed by atoms with Crippen molar-refractivity contribution >= 4 is 17.2 Å². The zero-order chi connectivity index (χ0) is 22.8. The van der Waals surface area contributed by atoms with Gasteiger partial charge in [-0.15, -0.1) is 0 Å². The molecule has 0 bridgehead atoms. The van der Waals surface area contributed by atoms with Gasteiger partial charge in [-0.2, -0.15) is 0 Å². The first-order valence-electron chi connectivity index (χ1n) is 10.2. The first kappa shape index (κ1) is 21.2. The summed E-state index contributed by atoms with van der Waals surface area (Å²) in [7, 11) is 1.86. The maximum Gasteiger partial charge on any atom is 0.268 e. The van der Waals surface area contributed by atoms with Gasteiger partial charge >= 0.3 is 0 Å². The monoisotopic (exact) mass is 430 g/mol. The highest BCUT2D eigenvalue weighted by Gasteiger charge is 2.17. The molecule has 4 aromatic rings. The molecule has 0 spiro atoms. The first-order valence-corrected chi connectivity index (χ1v) is 10.2. The molecule has 0 aliphatic carbocycles. The van der Waals surface area contributed by atoms with E-state index in [-0.39, 0.29) is 17.5 Å². The normalized spacial score (nSPS) is 11.0. The Kier molecular flexibility index (Phi) is 5.73. The summed E-state index contributed by atoms with van der Waals surface area (Å²) >= 11 is 0. The maximum absolute atomic E-state index is 13.5. The van der Waals surface area contributed by atoms with E-state index in [4.69, 9.17) is 0 Å². The van der Waals surface area contributed by atoms with E-state index in [0.29, 0.717) is 35.4 Å². The fraction of sp³-hybridized carbons (Fsp3) is 0.160. The SMILES string of the molecule is C=C(Cc1ccc(F)c(C)c1)C(=O)c1cc2cccc(C(=O)NCc3cncn3C)n2c1. The second-order valence-electron chi connectivity index (χ2n) is 7.81. The molecule has 1 aromatic carbocycles. The van der Waals surface area contributed by atoms with Crippen LogP contribution in [0.15, 0.2) is 73.3 Å². The molecule has 7 heteroatoms. The number of fused-ring (bicyclic) bond motifs is 1. The summed E-state index contributed by atoms with van der Waals surface area (Å²) in [6.45, 7) is 5.96. The average Bonchev–Trinajstić information content (AvgIpc) is 3.39. The van der Waals surface area contributed by atoms with Crippen molar-refractivity contribution in [3.05, 3.63) is 107 Å². The summed E-state index contributed by atoms with van der Waals surface area (Å²) in [5, 5.41) is 2.88. The molecule has 3 heterocycles. The summed E-state index contributed by atoms with van der Waals surface area (Å²) in [4.78, 5) is 29.8. The smallest absolute Gasteiger partial charge is 0.268 e. The van der Waals surface area contributed by atoms with Gasteiger partial charge in [0.05, 0.1) is 18.6 Å². The number of aryl methyl sites for hydroxylation is 2. The van der Waals surface area contributed by atoms with Crippen molar-refractivity contribution in [3.8, 4) is 0 Å². The number of imidazole rings is 1. The Hall–Kier alpha value is -4.00. The van der Waals surface area contributed by atoms with Crippen LogP contribution >= 0.6 is 0 Å². The second kappa shape index (κ2) is 8.63. The van der Waals surface area contributed by atoms with Crippen LogP contribution in [0.5, 0.6) is 0 Å². The van der Waals surface area contributed by atoms with Gasteiger partial charge in [0.15, 0.2) is 5.78 Å². The molecule has 0 saturated heterocycles. The molecule has 32 heavy (non-hydrogen) atoms. The van der Waals surface area contributed by atoms with E-state index in [1.165, 1.54) is 6.07 Å². The van der Waals surface area contributed by atoms with Crippen LogP contribution in [-0.4, -0.2) is 25.6 Å². The Morgan fingerprint density at radius 1 is 1.19 bits per heavy atom. The van der Waals surface area contributed by atoms with E-state index in [2.05, 4.69) is 16.9 Å². The lowest BCUT2D eigenvalue weighted by atomic mass is 9.99. The molecule has 0 saturated carbocycles. The Morgan fingerprint density at radius 2 is 2.00 bits per heavy atom. The van der Waals surface area contributed by atoms with E-state index >= 15 is 0 Å². The lowest BCUT2D eigenvalue weighted by molar-refractivity contribution is 0.0942. The molecule has 0 fully saturated rings. The Labute approximate surface area is 185 Å². The fourth-order valence-corrected chi connectivity index (χ4v) is 3.61. The molecule has 1 amide bonds. The number of Topliss-reactive ketones (excluding diaryl/α,β-unsaturated/α-hetero) is 1. The van der Waals surface area contributed by atoms with E-state index in [1.54, 1.807) is 60.4 Å². The minimum absolute atomic E-state index is 0.211. The zero-order valence-electron chi connectivity index (χ0n) is 17.9. The third kappa shape index (κ3) is 4.23. The molecular weight excluding hydrogens is 407 g/mol.